The number of anilines is 1. The van der Waals surface area contributed by atoms with E-state index in [9.17, 15) is 4.79 Å². The van der Waals surface area contributed by atoms with E-state index >= 15 is 0 Å². The van der Waals surface area contributed by atoms with Crippen molar-refractivity contribution >= 4 is 17.0 Å². The molecule has 6 heteroatoms. The van der Waals surface area contributed by atoms with E-state index in [-0.39, 0.29) is 5.69 Å². The average Bonchev–Trinajstić information content (AvgIpc) is 3.17. The largest absolute Gasteiger partial charge is 0.385 e. The van der Waals surface area contributed by atoms with Gasteiger partial charge in [0.25, 0.3) is 0 Å². The van der Waals surface area contributed by atoms with Gasteiger partial charge in [0, 0.05) is 22.0 Å². The Bertz CT molecular complexity index is 861. The van der Waals surface area contributed by atoms with Gasteiger partial charge in [-0.05, 0) is 48.2 Å². The van der Waals surface area contributed by atoms with E-state index in [2.05, 4.69) is 45.8 Å². The molecule has 3 heterocycles. The molecule has 2 N–H and O–H groups in total. The van der Waals surface area contributed by atoms with Gasteiger partial charge in [0.05, 0.1) is 6.54 Å². The Hall–Kier alpha value is -2.34. The third-order valence-electron chi connectivity index (χ3n) is 3.93. The van der Waals surface area contributed by atoms with Crippen LogP contribution in [0.2, 0.25) is 0 Å². The lowest BCUT2D eigenvalue weighted by Gasteiger charge is -2.18. The summed E-state index contributed by atoms with van der Waals surface area (Å²) in [7, 11) is 0. The number of aryl methyl sites for hydroxylation is 1. The molecule has 0 amide bonds. The van der Waals surface area contributed by atoms with Gasteiger partial charge in [-0.2, -0.15) is 5.10 Å². The normalized spacial score (nSPS) is 13.6. The standard InChI is InChI=1S/C16H16N4OS/c21-16-19-18-10-20(16)9-13-4-6-15(22-13)12-3-5-14-11(8-12)2-1-7-17-14/h3-6,8,10,17H,1-2,7,9H2,(H,19,21). The maximum absolute atomic E-state index is 11.5. The quantitative estimate of drug-likeness (QED) is 0.781. The maximum Gasteiger partial charge on any atom is 0.343 e. The number of nitrogens with one attached hydrogen (secondary N) is 2. The monoisotopic (exact) mass is 312 g/mol. The SMILES string of the molecule is O=c1[nH]ncn1Cc1ccc(-c2ccc3c(c2)CCCN3)s1. The molecule has 0 radical (unpaired) electrons. The molecule has 0 spiro atoms. The van der Waals surface area contributed by atoms with Crippen molar-refractivity contribution in [1.82, 2.24) is 14.8 Å². The summed E-state index contributed by atoms with van der Waals surface area (Å²) < 4.78 is 1.58. The highest BCUT2D eigenvalue weighted by atomic mass is 32.1. The first-order valence-corrected chi connectivity index (χ1v) is 8.17. The molecule has 5 nitrogen and oxygen atoms in total. The Morgan fingerprint density at radius 3 is 3.09 bits per heavy atom. The fourth-order valence-corrected chi connectivity index (χ4v) is 3.80. The van der Waals surface area contributed by atoms with Crippen molar-refractivity contribution in [1.29, 1.82) is 0 Å². The third kappa shape index (κ3) is 2.46. The summed E-state index contributed by atoms with van der Waals surface area (Å²) in [5, 5.41) is 9.61. The summed E-state index contributed by atoms with van der Waals surface area (Å²) in [5.41, 5.74) is 3.73. The molecule has 22 heavy (non-hydrogen) atoms. The minimum Gasteiger partial charge on any atom is -0.385 e. The first-order valence-electron chi connectivity index (χ1n) is 7.35. The van der Waals surface area contributed by atoms with Gasteiger partial charge < -0.3 is 5.32 Å². The number of thiophene rings is 1. The van der Waals surface area contributed by atoms with Crippen LogP contribution in [0.4, 0.5) is 5.69 Å². The molecule has 0 fully saturated rings. The van der Waals surface area contributed by atoms with E-state index < -0.39 is 0 Å². The Morgan fingerprint density at radius 1 is 1.27 bits per heavy atom. The number of hydrogen-bond acceptors (Lipinski definition) is 4. The third-order valence-corrected chi connectivity index (χ3v) is 5.05. The predicted molar refractivity (Wildman–Crippen MR) is 88.5 cm³/mol. The summed E-state index contributed by atoms with van der Waals surface area (Å²) in [4.78, 5) is 13.9. The molecule has 1 aromatic carbocycles. The van der Waals surface area contributed by atoms with Gasteiger partial charge in [0.2, 0.25) is 0 Å². The van der Waals surface area contributed by atoms with Crippen molar-refractivity contribution in [2.24, 2.45) is 0 Å². The molecule has 0 aliphatic carbocycles. The van der Waals surface area contributed by atoms with Crippen LogP contribution >= 0.6 is 11.3 Å². The van der Waals surface area contributed by atoms with Crippen LogP contribution in [0.3, 0.4) is 0 Å². The highest BCUT2D eigenvalue weighted by Gasteiger charge is 2.11. The van der Waals surface area contributed by atoms with E-state index in [1.54, 1.807) is 15.9 Å². The number of rotatable bonds is 3. The van der Waals surface area contributed by atoms with E-state index in [4.69, 9.17) is 0 Å². The molecule has 0 bridgehead atoms. The number of nitrogens with zero attached hydrogens (tertiary/aromatic N) is 2. The predicted octanol–water partition coefficient (Wildman–Crippen LogP) is 2.71. The second-order valence-electron chi connectivity index (χ2n) is 5.46. The minimum absolute atomic E-state index is 0.171. The van der Waals surface area contributed by atoms with Crippen LogP contribution in [0.15, 0.2) is 41.5 Å². The van der Waals surface area contributed by atoms with Gasteiger partial charge in [-0.15, -0.1) is 11.3 Å². The molecule has 1 aliphatic rings. The number of benzene rings is 1. The zero-order valence-corrected chi connectivity index (χ0v) is 12.8. The van der Waals surface area contributed by atoms with Crippen LogP contribution in [-0.4, -0.2) is 21.3 Å². The second-order valence-corrected chi connectivity index (χ2v) is 6.63. The van der Waals surface area contributed by atoms with Crippen LogP contribution in [-0.2, 0) is 13.0 Å². The van der Waals surface area contributed by atoms with Gasteiger partial charge in [-0.25, -0.2) is 9.89 Å². The fraction of sp³-hybridized carbons (Fsp3) is 0.250. The molecule has 2 aromatic heterocycles. The number of H-pyrrole nitrogens is 1. The Labute approximate surface area is 131 Å². The molecular weight excluding hydrogens is 296 g/mol. The summed E-state index contributed by atoms with van der Waals surface area (Å²) >= 11 is 1.72. The van der Waals surface area contributed by atoms with Gasteiger partial charge in [-0.3, -0.25) is 4.57 Å². The molecule has 0 unspecified atom stereocenters. The minimum atomic E-state index is -0.171. The lowest BCUT2D eigenvalue weighted by atomic mass is 10.0. The highest BCUT2D eigenvalue weighted by molar-refractivity contribution is 7.15. The fourth-order valence-electron chi connectivity index (χ4n) is 2.80. The average molecular weight is 312 g/mol. The summed E-state index contributed by atoms with van der Waals surface area (Å²) in [6, 6.07) is 10.8. The lowest BCUT2D eigenvalue weighted by Crippen LogP contribution is -2.16. The van der Waals surface area contributed by atoms with Crippen LogP contribution in [0.1, 0.15) is 16.9 Å². The molecule has 112 valence electrons. The van der Waals surface area contributed by atoms with Crippen molar-refractivity contribution in [2.75, 3.05) is 11.9 Å². The van der Waals surface area contributed by atoms with Crippen LogP contribution < -0.4 is 11.0 Å². The van der Waals surface area contributed by atoms with Gasteiger partial charge in [0.15, 0.2) is 0 Å². The van der Waals surface area contributed by atoms with Crippen molar-refractivity contribution in [3.63, 3.8) is 0 Å². The van der Waals surface area contributed by atoms with Crippen molar-refractivity contribution in [3.05, 3.63) is 57.6 Å². The lowest BCUT2D eigenvalue weighted by molar-refractivity contribution is 0.772. The zero-order valence-electron chi connectivity index (χ0n) is 12.0. The van der Waals surface area contributed by atoms with E-state index in [1.165, 1.54) is 34.4 Å². The highest BCUT2D eigenvalue weighted by Crippen LogP contribution is 2.32. The molecular formula is C16H16N4OS. The smallest absolute Gasteiger partial charge is 0.343 e. The molecule has 3 aromatic rings. The summed E-state index contributed by atoms with van der Waals surface area (Å²) in [6.45, 7) is 1.63. The van der Waals surface area contributed by atoms with Crippen molar-refractivity contribution in [3.8, 4) is 10.4 Å². The van der Waals surface area contributed by atoms with Gasteiger partial charge in [-0.1, -0.05) is 6.07 Å². The molecule has 0 atom stereocenters. The maximum atomic E-state index is 11.5. The van der Waals surface area contributed by atoms with Gasteiger partial charge >= 0.3 is 5.69 Å². The first kappa shape index (κ1) is 13.3. The van der Waals surface area contributed by atoms with Crippen LogP contribution in [0.25, 0.3) is 10.4 Å². The first-order chi connectivity index (χ1) is 10.8. The number of fused-ring (bicyclic) bond motifs is 1. The Balaban J connectivity index is 1.61. The summed E-state index contributed by atoms with van der Waals surface area (Å²) in [6.07, 6.45) is 3.86. The molecule has 4 rings (SSSR count). The van der Waals surface area contributed by atoms with E-state index in [0.717, 1.165) is 17.8 Å². The molecule has 0 saturated heterocycles. The topological polar surface area (TPSA) is 62.7 Å². The van der Waals surface area contributed by atoms with Gasteiger partial charge in [0.1, 0.15) is 6.33 Å². The van der Waals surface area contributed by atoms with E-state index in [0.29, 0.717) is 6.54 Å². The zero-order chi connectivity index (χ0) is 14.9. The number of aromatic nitrogens is 3. The number of aromatic amines is 1. The Morgan fingerprint density at radius 2 is 2.23 bits per heavy atom. The molecule has 1 aliphatic heterocycles. The van der Waals surface area contributed by atoms with Crippen molar-refractivity contribution in [2.45, 2.75) is 19.4 Å². The van der Waals surface area contributed by atoms with Crippen LogP contribution in [0.5, 0.6) is 0 Å². The van der Waals surface area contributed by atoms with Crippen molar-refractivity contribution < 1.29 is 0 Å². The van der Waals surface area contributed by atoms with E-state index in [1.807, 2.05) is 0 Å². The summed E-state index contributed by atoms with van der Waals surface area (Å²) in [5.74, 6) is 0. The molecule has 0 saturated carbocycles. The number of hydrogen-bond donors (Lipinski definition) is 2. The Kier molecular flexibility index (Phi) is 3.31. The van der Waals surface area contributed by atoms with Crippen LogP contribution in [0, 0.1) is 0 Å². The second kappa shape index (κ2) is 5.46.